The second-order valence-corrected chi connectivity index (χ2v) is 6.23. The zero-order valence-electron chi connectivity index (χ0n) is 13.4. The van der Waals surface area contributed by atoms with Gasteiger partial charge in [0.25, 0.3) is 0 Å². The zero-order valence-corrected chi connectivity index (χ0v) is 13.4. The number of halogens is 1. The van der Waals surface area contributed by atoms with E-state index in [1.54, 1.807) is 12.1 Å². The lowest BCUT2D eigenvalue weighted by molar-refractivity contribution is -0.123. The van der Waals surface area contributed by atoms with E-state index < -0.39 is 0 Å². The number of nitrogens with one attached hydrogen (secondary N) is 1. The number of benzene rings is 1. The molecule has 5 heteroatoms. The van der Waals surface area contributed by atoms with Crippen LogP contribution in [0.15, 0.2) is 24.3 Å². The van der Waals surface area contributed by atoms with Gasteiger partial charge in [-0.05, 0) is 50.9 Å². The van der Waals surface area contributed by atoms with Gasteiger partial charge in [-0.1, -0.05) is 18.6 Å². The Kier molecular flexibility index (Phi) is 5.91. The highest BCUT2D eigenvalue weighted by Crippen LogP contribution is 2.19. The Morgan fingerprint density at radius 2 is 2.05 bits per heavy atom. The summed E-state index contributed by atoms with van der Waals surface area (Å²) in [6.07, 6.45) is 3.35. The molecule has 22 heavy (non-hydrogen) atoms. The van der Waals surface area contributed by atoms with Crippen LogP contribution in [-0.4, -0.2) is 36.0 Å². The molecular formula is C17H26FN3O. The van der Waals surface area contributed by atoms with E-state index in [2.05, 4.69) is 10.2 Å². The fourth-order valence-electron chi connectivity index (χ4n) is 3.11. The van der Waals surface area contributed by atoms with Gasteiger partial charge < -0.3 is 11.1 Å². The molecule has 4 nitrogen and oxygen atoms in total. The van der Waals surface area contributed by atoms with E-state index in [-0.39, 0.29) is 29.8 Å². The molecule has 0 spiro atoms. The summed E-state index contributed by atoms with van der Waals surface area (Å²) in [7, 11) is 0. The average Bonchev–Trinajstić information content (AvgIpc) is 2.48. The maximum absolute atomic E-state index is 12.9. The predicted molar refractivity (Wildman–Crippen MR) is 85.8 cm³/mol. The standard InChI is InChI=1S/C17H26FN3O/c1-12(19)16-5-3-4-10-21(16)11-17(22)20-13(2)14-6-8-15(18)9-7-14/h6-9,12-13,16H,3-5,10-11,19H2,1-2H3,(H,20,22). The summed E-state index contributed by atoms with van der Waals surface area (Å²) in [4.78, 5) is 14.4. The molecule has 1 aliphatic rings. The van der Waals surface area contributed by atoms with Crippen LogP contribution in [0.2, 0.25) is 0 Å². The van der Waals surface area contributed by atoms with E-state index >= 15 is 0 Å². The molecule has 122 valence electrons. The summed E-state index contributed by atoms with van der Waals surface area (Å²) in [5.41, 5.74) is 6.93. The Bertz CT molecular complexity index is 489. The SMILES string of the molecule is CC(NC(=O)CN1CCCCC1C(C)N)c1ccc(F)cc1. The smallest absolute Gasteiger partial charge is 0.234 e. The summed E-state index contributed by atoms with van der Waals surface area (Å²) in [6.45, 7) is 5.20. The lowest BCUT2D eigenvalue weighted by Gasteiger charge is -2.37. The van der Waals surface area contributed by atoms with Crippen molar-refractivity contribution in [3.8, 4) is 0 Å². The molecule has 3 atom stereocenters. The quantitative estimate of drug-likeness (QED) is 0.877. The summed E-state index contributed by atoms with van der Waals surface area (Å²) < 4.78 is 12.9. The molecule has 1 heterocycles. The topological polar surface area (TPSA) is 58.4 Å². The van der Waals surface area contributed by atoms with E-state index in [4.69, 9.17) is 5.73 Å². The van der Waals surface area contributed by atoms with Gasteiger partial charge in [0, 0.05) is 12.1 Å². The molecule has 3 N–H and O–H groups in total. The van der Waals surface area contributed by atoms with Crippen molar-refractivity contribution in [2.45, 2.75) is 51.2 Å². The normalized spacial score (nSPS) is 22.1. The van der Waals surface area contributed by atoms with Crippen LogP contribution in [0.3, 0.4) is 0 Å². The van der Waals surface area contributed by atoms with E-state index in [9.17, 15) is 9.18 Å². The Morgan fingerprint density at radius 3 is 2.68 bits per heavy atom. The molecule has 0 bridgehead atoms. The van der Waals surface area contributed by atoms with Crippen molar-refractivity contribution in [3.63, 3.8) is 0 Å². The number of rotatable bonds is 5. The van der Waals surface area contributed by atoms with Gasteiger partial charge in [-0.2, -0.15) is 0 Å². The van der Waals surface area contributed by atoms with Crippen molar-refractivity contribution >= 4 is 5.91 Å². The molecule has 0 saturated carbocycles. The van der Waals surface area contributed by atoms with Crippen molar-refractivity contribution in [2.75, 3.05) is 13.1 Å². The minimum atomic E-state index is -0.268. The van der Waals surface area contributed by atoms with Crippen molar-refractivity contribution < 1.29 is 9.18 Å². The van der Waals surface area contributed by atoms with Crippen LogP contribution in [0.4, 0.5) is 4.39 Å². The first-order valence-electron chi connectivity index (χ1n) is 8.02. The number of amides is 1. The maximum atomic E-state index is 12.9. The minimum absolute atomic E-state index is 0.00984. The van der Waals surface area contributed by atoms with Gasteiger partial charge in [-0.3, -0.25) is 9.69 Å². The molecule has 2 rings (SSSR count). The third-order valence-electron chi connectivity index (χ3n) is 4.37. The molecule has 1 fully saturated rings. The number of piperidine rings is 1. The first kappa shape index (κ1) is 16.9. The molecule has 3 unspecified atom stereocenters. The molecule has 0 aliphatic carbocycles. The largest absolute Gasteiger partial charge is 0.348 e. The second kappa shape index (κ2) is 7.70. The fourth-order valence-corrected chi connectivity index (χ4v) is 3.11. The molecule has 0 aromatic heterocycles. The van der Waals surface area contributed by atoms with Crippen molar-refractivity contribution in [2.24, 2.45) is 5.73 Å². The van der Waals surface area contributed by atoms with E-state index in [0.717, 1.165) is 24.9 Å². The maximum Gasteiger partial charge on any atom is 0.234 e. The van der Waals surface area contributed by atoms with Gasteiger partial charge in [0.2, 0.25) is 5.91 Å². The molecular weight excluding hydrogens is 281 g/mol. The van der Waals surface area contributed by atoms with Crippen molar-refractivity contribution in [3.05, 3.63) is 35.6 Å². The van der Waals surface area contributed by atoms with E-state index in [0.29, 0.717) is 6.54 Å². The monoisotopic (exact) mass is 307 g/mol. The second-order valence-electron chi connectivity index (χ2n) is 6.23. The van der Waals surface area contributed by atoms with Crippen LogP contribution in [0.1, 0.15) is 44.7 Å². The van der Waals surface area contributed by atoms with E-state index in [1.807, 2.05) is 13.8 Å². The van der Waals surface area contributed by atoms with Gasteiger partial charge in [-0.15, -0.1) is 0 Å². The van der Waals surface area contributed by atoms with Gasteiger partial charge in [0.1, 0.15) is 5.82 Å². The molecule has 1 saturated heterocycles. The number of carbonyl (C=O) groups is 1. The minimum Gasteiger partial charge on any atom is -0.348 e. The van der Waals surface area contributed by atoms with Gasteiger partial charge in [-0.25, -0.2) is 4.39 Å². The van der Waals surface area contributed by atoms with Gasteiger partial charge in [0.05, 0.1) is 12.6 Å². The Morgan fingerprint density at radius 1 is 1.36 bits per heavy atom. The Hall–Kier alpha value is -1.46. The summed E-state index contributed by atoms with van der Waals surface area (Å²) in [6, 6.07) is 6.44. The first-order valence-corrected chi connectivity index (χ1v) is 8.02. The highest BCUT2D eigenvalue weighted by atomic mass is 19.1. The van der Waals surface area contributed by atoms with Crippen LogP contribution < -0.4 is 11.1 Å². The van der Waals surface area contributed by atoms with Crippen LogP contribution in [0.25, 0.3) is 0 Å². The Labute approximate surface area is 131 Å². The first-order chi connectivity index (χ1) is 10.5. The zero-order chi connectivity index (χ0) is 16.1. The molecule has 1 amide bonds. The number of nitrogens with zero attached hydrogens (tertiary/aromatic N) is 1. The molecule has 1 aromatic rings. The lowest BCUT2D eigenvalue weighted by Crippen LogP contribution is -2.52. The number of likely N-dealkylation sites (tertiary alicyclic amines) is 1. The van der Waals surface area contributed by atoms with Crippen LogP contribution in [0.5, 0.6) is 0 Å². The predicted octanol–water partition coefficient (Wildman–Crippen LogP) is 2.20. The van der Waals surface area contributed by atoms with Crippen LogP contribution >= 0.6 is 0 Å². The fraction of sp³-hybridized carbons (Fsp3) is 0.588. The van der Waals surface area contributed by atoms with Gasteiger partial charge in [0.15, 0.2) is 0 Å². The van der Waals surface area contributed by atoms with Crippen molar-refractivity contribution in [1.82, 2.24) is 10.2 Å². The lowest BCUT2D eigenvalue weighted by atomic mass is 9.97. The third kappa shape index (κ3) is 4.52. The molecule has 1 aromatic carbocycles. The summed E-state index contributed by atoms with van der Waals surface area (Å²) in [5.74, 6) is -0.278. The average molecular weight is 307 g/mol. The highest BCUT2D eigenvalue weighted by Gasteiger charge is 2.27. The van der Waals surface area contributed by atoms with Gasteiger partial charge >= 0.3 is 0 Å². The van der Waals surface area contributed by atoms with Crippen LogP contribution in [-0.2, 0) is 4.79 Å². The third-order valence-corrected chi connectivity index (χ3v) is 4.37. The number of hydrogen-bond donors (Lipinski definition) is 2. The van der Waals surface area contributed by atoms with E-state index in [1.165, 1.54) is 18.6 Å². The Balaban J connectivity index is 1.90. The number of carbonyl (C=O) groups excluding carboxylic acids is 1. The number of nitrogens with two attached hydrogens (primary N) is 1. The summed E-state index contributed by atoms with van der Waals surface area (Å²) >= 11 is 0. The highest BCUT2D eigenvalue weighted by molar-refractivity contribution is 5.78. The van der Waals surface area contributed by atoms with Crippen molar-refractivity contribution in [1.29, 1.82) is 0 Å². The van der Waals surface area contributed by atoms with Crippen LogP contribution in [0, 0.1) is 5.82 Å². The molecule has 1 aliphatic heterocycles. The molecule has 0 radical (unpaired) electrons. The number of hydrogen-bond acceptors (Lipinski definition) is 3. The summed E-state index contributed by atoms with van der Waals surface area (Å²) in [5, 5.41) is 2.98.